The average Bonchev–Trinajstić information content (AvgIpc) is 1.53. The van der Waals surface area contributed by atoms with Crippen LogP contribution in [0.5, 0.6) is 0 Å². The van der Waals surface area contributed by atoms with Crippen LogP contribution in [0, 0.1) is 0 Å². The Labute approximate surface area is 698 Å². The molecule has 566 valence electrons. The van der Waals surface area contributed by atoms with Crippen LogP contribution in [0.3, 0.4) is 0 Å². The molecule has 121 heavy (non-hydrogen) atoms. The fourth-order valence-corrected chi connectivity index (χ4v) is 19.5. The van der Waals surface area contributed by atoms with Crippen LogP contribution < -0.4 is 9.80 Å². The maximum absolute atomic E-state index is 6.62. The molecule has 0 amide bonds. The van der Waals surface area contributed by atoms with Crippen LogP contribution in [0.25, 0.3) is 171 Å². The molecule has 0 saturated carbocycles. The first-order chi connectivity index (χ1) is 60.0. The van der Waals surface area contributed by atoms with Crippen molar-refractivity contribution >= 4 is 122 Å². The molecule has 19 aromatic carbocycles. The van der Waals surface area contributed by atoms with E-state index in [1.54, 1.807) is 0 Å². The normalized spacial score (nSPS) is 12.4. The van der Waals surface area contributed by atoms with Gasteiger partial charge in [0.25, 0.3) is 0 Å². The van der Waals surface area contributed by atoms with Gasteiger partial charge in [0.2, 0.25) is 0 Å². The van der Waals surface area contributed by atoms with Gasteiger partial charge in [-0.3, -0.25) is 0 Å². The monoisotopic (exact) mass is 1540 g/mol. The molecule has 4 aromatic heterocycles. The predicted octanol–water partition coefficient (Wildman–Crippen LogP) is 31.8. The fraction of sp³-hybridized carbons (Fsp3) is 0.00870. The van der Waals surface area contributed by atoms with Gasteiger partial charge in [0.1, 0.15) is 33.5 Å². The molecular formula is C115H73N3O3. The van der Waals surface area contributed by atoms with Gasteiger partial charge >= 0.3 is 0 Å². The van der Waals surface area contributed by atoms with Crippen LogP contribution in [0.2, 0.25) is 0 Å². The van der Waals surface area contributed by atoms with Crippen molar-refractivity contribution in [2.24, 2.45) is 0 Å². The second kappa shape index (κ2) is 28.1. The summed E-state index contributed by atoms with van der Waals surface area (Å²) in [5, 5.41) is 9.16. The van der Waals surface area contributed by atoms with Gasteiger partial charge in [-0.05, 0) is 205 Å². The van der Waals surface area contributed by atoms with Gasteiger partial charge in [-0.1, -0.05) is 322 Å². The summed E-state index contributed by atoms with van der Waals surface area (Å²) in [6, 6.07) is 161. The Hall–Kier alpha value is -16.0. The van der Waals surface area contributed by atoms with Crippen molar-refractivity contribution in [3.63, 3.8) is 0 Å². The van der Waals surface area contributed by atoms with E-state index in [-0.39, 0.29) is 0 Å². The number of rotatable bonds is 15. The maximum Gasteiger partial charge on any atom is 0.143 e. The quantitative estimate of drug-likeness (QED) is 0.102. The van der Waals surface area contributed by atoms with Gasteiger partial charge < -0.3 is 27.6 Å². The SMILES string of the molecule is c1ccc(C2(c3ccccc3)c3ccc(-c4ccc(-c5ccc(N(c6ccc(-c7ccc(-n8c9ccccc9c9ccccc98)cc7)cc6)c6ccc(-c7cccc8c7oc7ccccc78)cc6)cc5)cc4)cc3-c3ccc(N(c4ccc(-c5cccc6c5oc5ccccc56)cc4)c4ccc(-c5cccc6c5oc5ccccc56)cc4)cc32)cc1. The Bertz CT molecular complexity index is 7710. The zero-order chi connectivity index (χ0) is 79.6. The molecule has 0 atom stereocenters. The molecule has 24 rings (SSSR count). The maximum atomic E-state index is 6.62. The van der Waals surface area contributed by atoms with E-state index in [0.29, 0.717) is 0 Å². The Morgan fingerprint density at radius 1 is 0.190 bits per heavy atom. The van der Waals surface area contributed by atoms with Crippen molar-refractivity contribution in [2.75, 3.05) is 9.80 Å². The number of hydrogen-bond acceptors (Lipinski definition) is 5. The summed E-state index contributed by atoms with van der Waals surface area (Å²) in [7, 11) is 0. The van der Waals surface area contributed by atoms with Gasteiger partial charge in [-0.15, -0.1) is 0 Å². The van der Waals surface area contributed by atoms with E-state index in [2.05, 4.69) is 433 Å². The average molecular weight is 1540 g/mol. The lowest BCUT2D eigenvalue weighted by Gasteiger charge is -2.35. The lowest BCUT2D eigenvalue weighted by molar-refractivity contribution is 0.669. The van der Waals surface area contributed by atoms with Gasteiger partial charge in [0, 0.05) is 99.6 Å². The third-order valence-electron chi connectivity index (χ3n) is 25.2. The van der Waals surface area contributed by atoms with E-state index in [1.165, 1.54) is 55.2 Å². The van der Waals surface area contributed by atoms with E-state index < -0.39 is 5.41 Å². The summed E-state index contributed by atoms with van der Waals surface area (Å²) < 4.78 is 22.2. The number of fused-ring (bicyclic) bond motifs is 15. The number of aromatic nitrogens is 1. The second-order valence-electron chi connectivity index (χ2n) is 31.7. The van der Waals surface area contributed by atoms with Crippen molar-refractivity contribution in [3.8, 4) is 83.6 Å². The van der Waals surface area contributed by atoms with Crippen LogP contribution in [0.1, 0.15) is 22.3 Å². The highest BCUT2D eigenvalue weighted by Gasteiger charge is 2.47. The first-order valence-corrected chi connectivity index (χ1v) is 41.4. The molecule has 1 aliphatic rings. The highest BCUT2D eigenvalue weighted by molar-refractivity contribution is 6.13. The lowest BCUT2D eigenvalue weighted by atomic mass is 9.67. The molecular weight excluding hydrogens is 1470 g/mol. The number of para-hydroxylation sites is 8. The summed E-state index contributed by atoms with van der Waals surface area (Å²) >= 11 is 0. The van der Waals surface area contributed by atoms with Gasteiger partial charge in [0.05, 0.1) is 16.4 Å². The third kappa shape index (κ3) is 11.3. The molecule has 6 nitrogen and oxygen atoms in total. The summed E-state index contributed by atoms with van der Waals surface area (Å²) in [5.41, 5.74) is 34.8. The van der Waals surface area contributed by atoms with Crippen LogP contribution in [-0.4, -0.2) is 4.57 Å². The molecule has 0 N–H and O–H groups in total. The van der Waals surface area contributed by atoms with Gasteiger partial charge in [-0.25, -0.2) is 0 Å². The first-order valence-electron chi connectivity index (χ1n) is 41.4. The molecule has 0 bridgehead atoms. The summed E-state index contributed by atoms with van der Waals surface area (Å²) in [6.07, 6.45) is 0. The second-order valence-corrected chi connectivity index (χ2v) is 31.7. The van der Waals surface area contributed by atoms with E-state index >= 15 is 0 Å². The largest absolute Gasteiger partial charge is 0.455 e. The van der Waals surface area contributed by atoms with Gasteiger partial charge in [0.15, 0.2) is 0 Å². The third-order valence-corrected chi connectivity index (χ3v) is 25.2. The molecule has 0 unspecified atom stereocenters. The fourth-order valence-electron chi connectivity index (χ4n) is 19.5. The number of benzene rings is 19. The van der Waals surface area contributed by atoms with E-state index in [1.807, 2.05) is 24.3 Å². The molecule has 0 spiro atoms. The van der Waals surface area contributed by atoms with Gasteiger partial charge in [-0.2, -0.15) is 0 Å². The number of nitrogens with zero attached hydrogens (tertiary/aromatic N) is 3. The lowest BCUT2D eigenvalue weighted by Crippen LogP contribution is -2.28. The summed E-state index contributed by atoms with van der Waals surface area (Å²) in [6.45, 7) is 0. The standard InChI is InChI=1S/C115H73N3O3/c1-3-20-83(21-4-1)115(84-22-5-2-6-23-84)105-71-56-82(72-104(105)95-70-69-91(73-106(95)115)117(88-65-52-80(53-66-88)93-30-18-33-102-99-27-10-15-38-110(99)120-113(93)102)89-67-54-81(55-68-89)94-31-19-34-103-100-28-11-16-39-111(100)121-114(94)103)78-42-40-74(41-43-78)75-44-57-85(58-45-75)116(87-63-50-79(51-64-87)92-29-17-32-101-98-26-9-14-37-109(98)119-112(92)101)86-59-46-76(47-60-86)77-48-61-90(62-49-77)118-107-35-12-7-24-96(107)97-25-8-13-36-108(97)118/h1-73H. The van der Waals surface area contributed by atoms with Crippen LogP contribution in [0.15, 0.2) is 456 Å². The van der Waals surface area contributed by atoms with Crippen molar-refractivity contribution in [1.82, 2.24) is 4.57 Å². The predicted molar refractivity (Wildman–Crippen MR) is 502 cm³/mol. The van der Waals surface area contributed by atoms with Crippen molar-refractivity contribution in [1.29, 1.82) is 0 Å². The van der Waals surface area contributed by atoms with E-state index in [0.717, 1.165) is 172 Å². The molecule has 0 radical (unpaired) electrons. The minimum Gasteiger partial charge on any atom is -0.455 e. The minimum atomic E-state index is -0.689. The first kappa shape index (κ1) is 69.3. The zero-order valence-electron chi connectivity index (χ0n) is 65.7. The van der Waals surface area contributed by atoms with Crippen LogP contribution in [0.4, 0.5) is 34.1 Å². The molecule has 4 heterocycles. The molecule has 0 fully saturated rings. The van der Waals surface area contributed by atoms with Crippen molar-refractivity contribution in [2.45, 2.75) is 5.41 Å². The van der Waals surface area contributed by atoms with Crippen LogP contribution in [-0.2, 0) is 5.41 Å². The Morgan fingerprint density at radius 2 is 0.496 bits per heavy atom. The smallest absolute Gasteiger partial charge is 0.143 e. The van der Waals surface area contributed by atoms with Crippen molar-refractivity contribution < 1.29 is 13.3 Å². The zero-order valence-corrected chi connectivity index (χ0v) is 65.7. The minimum absolute atomic E-state index is 0.689. The number of anilines is 6. The highest BCUT2D eigenvalue weighted by Crippen LogP contribution is 2.59. The molecule has 0 saturated heterocycles. The van der Waals surface area contributed by atoms with Crippen LogP contribution >= 0.6 is 0 Å². The Morgan fingerprint density at radius 3 is 0.901 bits per heavy atom. The molecule has 0 aliphatic heterocycles. The van der Waals surface area contributed by atoms with E-state index in [4.69, 9.17) is 13.3 Å². The summed E-state index contributed by atoms with van der Waals surface area (Å²) in [4.78, 5) is 4.77. The Kier molecular flexibility index (Phi) is 16.1. The van der Waals surface area contributed by atoms with Crippen molar-refractivity contribution in [3.05, 3.63) is 465 Å². The Balaban J connectivity index is 0.578. The number of hydrogen-bond donors (Lipinski definition) is 0. The molecule has 6 heteroatoms. The number of furan rings is 3. The molecule has 23 aromatic rings. The highest BCUT2D eigenvalue weighted by atomic mass is 16.3. The van der Waals surface area contributed by atoms with E-state index in [9.17, 15) is 0 Å². The topological polar surface area (TPSA) is 50.8 Å². The molecule has 1 aliphatic carbocycles. The summed E-state index contributed by atoms with van der Waals surface area (Å²) in [5.74, 6) is 0.